The van der Waals surface area contributed by atoms with Gasteiger partial charge in [0.1, 0.15) is 0 Å². The molecule has 1 saturated heterocycles. The summed E-state index contributed by atoms with van der Waals surface area (Å²) < 4.78 is 4.96. The predicted octanol–water partition coefficient (Wildman–Crippen LogP) is 1.12. The van der Waals surface area contributed by atoms with Gasteiger partial charge in [-0.25, -0.2) is 0 Å². The van der Waals surface area contributed by atoms with E-state index >= 15 is 0 Å². The number of piperazine rings is 1. The number of ether oxygens (including phenoxy) is 1. The molecular weight excluding hydrogens is 240 g/mol. The Labute approximate surface area is 115 Å². The molecule has 0 saturated carbocycles. The van der Waals surface area contributed by atoms with Crippen molar-refractivity contribution in [1.82, 2.24) is 4.90 Å². The quantitative estimate of drug-likeness (QED) is 0.865. The summed E-state index contributed by atoms with van der Waals surface area (Å²) in [6, 6.07) is 8.68. The molecule has 1 aliphatic rings. The molecular formula is C15H24N2O2. The van der Waals surface area contributed by atoms with Crippen molar-refractivity contribution in [3.8, 4) is 0 Å². The van der Waals surface area contributed by atoms with E-state index in [0.29, 0.717) is 13.2 Å². The maximum atomic E-state index is 9.73. The highest BCUT2D eigenvalue weighted by atomic mass is 16.5. The third-order valence-electron chi connectivity index (χ3n) is 3.60. The zero-order chi connectivity index (χ0) is 13.7. The van der Waals surface area contributed by atoms with Crippen molar-refractivity contribution < 1.29 is 9.84 Å². The summed E-state index contributed by atoms with van der Waals surface area (Å²) in [4.78, 5) is 4.70. The number of aliphatic hydroxyl groups is 1. The molecule has 4 heteroatoms. The zero-order valence-corrected chi connectivity index (χ0v) is 11.9. The molecule has 0 radical (unpaired) electrons. The van der Waals surface area contributed by atoms with Crippen molar-refractivity contribution in [2.75, 3.05) is 51.3 Å². The molecule has 0 bridgehead atoms. The number of hydrogen-bond donors (Lipinski definition) is 1. The lowest BCUT2D eigenvalue weighted by Gasteiger charge is -2.36. The van der Waals surface area contributed by atoms with Gasteiger partial charge < -0.3 is 14.7 Å². The average molecular weight is 264 g/mol. The Morgan fingerprint density at radius 2 is 1.79 bits per heavy atom. The Hall–Kier alpha value is -1.10. The Morgan fingerprint density at radius 1 is 1.16 bits per heavy atom. The third-order valence-corrected chi connectivity index (χ3v) is 3.60. The summed E-state index contributed by atoms with van der Waals surface area (Å²) >= 11 is 0. The Balaban J connectivity index is 1.80. The molecule has 1 fully saturated rings. The van der Waals surface area contributed by atoms with Crippen LogP contribution in [0.2, 0.25) is 0 Å². The molecule has 1 atom stereocenters. The van der Waals surface area contributed by atoms with Crippen LogP contribution in [0.5, 0.6) is 0 Å². The Bertz CT molecular complexity index is 372. The van der Waals surface area contributed by atoms with Gasteiger partial charge in [-0.2, -0.15) is 0 Å². The van der Waals surface area contributed by atoms with Crippen LogP contribution in [-0.2, 0) is 4.74 Å². The molecule has 1 aliphatic heterocycles. The monoisotopic (exact) mass is 264 g/mol. The van der Waals surface area contributed by atoms with E-state index in [2.05, 4.69) is 41.0 Å². The molecule has 0 unspecified atom stereocenters. The highest BCUT2D eigenvalue weighted by molar-refractivity contribution is 5.47. The highest BCUT2D eigenvalue weighted by Crippen LogP contribution is 2.17. The third kappa shape index (κ3) is 4.20. The molecule has 2 rings (SSSR count). The number of aryl methyl sites for hydroxylation is 1. The first-order valence-corrected chi connectivity index (χ1v) is 6.90. The second-order valence-electron chi connectivity index (χ2n) is 5.23. The van der Waals surface area contributed by atoms with Gasteiger partial charge in [0.15, 0.2) is 0 Å². The van der Waals surface area contributed by atoms with Gasteiger partial charge in [-0.15, -0.1) is 0 Å². The van der Waals surface area contributed by atoms with Crippen molar-refractivity contribution in [2.45, 2.75) is 13.0 Å². The number of benzene rings is 1. The van der Waals surface area contributed by atoms with E-state index in [1.165, 1.54) is 11.3 Å². The van der Waals surface area contributed by atoms with Crippen molar-refractivity contribution in [2.24, 2.45) is 0 Å². The summed E-state index contributed by atoms with van der Waals surface area (Å²) in [5, 5.41) is 9.73. The van der Waals surface area contributed by atoms with Crippen LogP contribution in [0, 0.1) is 6.92 Å². The van der Waals surface area contributed by atoms with E-state index in [-0.39, 0.29) is 6.10 Å². The van der Waals surface area contributed by atoms with Crippen LogP contribution in [0.1, 0.15) is 5.56 Å². The number of aliphatic hydroxyl groups excluding tert-OH is 1. The van der Waals surface area contributed by atoms with E-state index < -0.39 is 0 Å². The maximum Gasteiger partial charge on any atom is 0.0900 e. The van der Waals surface area contributed by atoms with Gasteiger partial charge >= 0.3 is 0 Å². The number of methoxy groups -OCH3 is 1. The van der Waals surface area contributed by atoms with Gasteiger partial charge in [-0.3, -0.25) is 4.90 Å². The average Bonchev–Trinajstić information content (AvgIpc) is 2.41. The lowest BCUT2D eigenvalue weighted by Crippen LogP contribution is -2.49. The first-order valence-electron chi connectivity index (χ1n) is 6.90. The van der Waals surface area contributed by atoms with Crippen LogP contribution in [-0.4, -0.2) is 62.6 Å². The molecule has 1 aromatic carbocycles. The minimum atomic E-state index is -0.379. The first-order chi connectivity index (χ1) is 9.19. The minimum absolute atomic E-state index is 0.379. The molecule has 1 heterocycles. The molecule has 1 N–H and O–H groups in total. The number of anilines is 1. The normalized spacial score (nSPS) is 18.6. The van der Waals surface area contributed by atoms with Crippen molar-refractivity contribution in [3.05, 3.63) is 29.8 Å². The molecule has 0 amide bonds. The van der Waals surface area contributed by atoms with Crippen molar-refractivity contribution in [3.63, 3.8) is 0 Å². The number of nitrogens with zero attached hydrogens (tertiary/aromatic N) is 2. The van der Waals surface area contributed by atoms with Crippen LogP contribution >= 0.6 is 0 Å². The molecule has 0 aromatic heterocycles. The fourth-order valence-corrected chi connectivity index (χ4v) is 2.49. The Kier molecular flexibility index (Phi) is 5.19. The zero-order valence-electron chi connectivity index (χ0n) is 11.9. The maximum absolute atomic E-state index is 9.73. The molecule has 19 heavy (non-hydrogen) atoms. The van der Waals surface area contributed by atoms with Crippen LogP contribution < -0.4 is 4.90 Å². The number of rotatable bonds is 5. The van der Waals surface area contributed by atoms with Crippen molar-refractivity contribution in [1.29, 1.82) is 0 Å². The van der Waals surface area contributed by atoms with Gasteiger partial charge in [-0.05, 0) is 19.1 Å². The number of hydrogen-bond acceptors (Lipinski definition) is 4. The van der Waals surface area contributed by atoms with Crippen LogP contribution in [0.25, 0.3) is 0 Å². The molecule has 0 aliphatic carbocycles. The van der Waals surface area contributed by atoms with Gasteiger partial charge in [0.2, 0.25) is 0 Å². The molecule has 106 valence electrons. The Morgan fingerprint density at radius 3 is 2.37 bits per heavy atom. The smallest absolute Gasteiger partial charge is 0.0900 e. The molecule has 1 aromatic rings. The van der Waals surface area contributed by atoms with E-state index in [9.17, 15) is 5.11 Å². The topological polar surface area (TPSA) is 35.9 Å². The summed E-state index contributed by atoms with van der Waals surface area (Å²) in [6.07, 6.45) is -0.379. The summed E-state index contributed by atoms with van der Waals surface area (Å²) in [7, 11) is 1.62. The molecule has 0 spiro atoms. The van der Waals surface area contributed by atoms with Crippen LogP contribution in [0.3, 0.4) is 0 Å². The van der Waals surface area contributed by atoms with E-state index in [4.69, 9.17) is 4.74 Å². The van der Waals surface area contributed by atoms with Crippen molar-refractivity contribution >= 4 is 5.69 Å². The van der Waals surface area contributed by atoms with E-state index in [1.807, 2.05) is 0 Å². The largest absolute Gasteiger partial charge is 0.389 e. The standard InChI is InChI=1S/C15H24N2O2/c1-13-3-5-14(6-4-13)17-9-7-16(8-10-17)11-15(18)12-19-2/h3-6,15,18H,7-12H2,1-2H3/t15-/m1/s1. The van der Waals surface area contributed by atoms with Gasteiger partial charge in [-0.1, -0.05) is 17.7 Å². The van der Waals surface area contributed by atoms with Crippen LogP contribution in [0.4, 0.5) is 5.69 Å². The fourth-order valence-electron chi connectivity index (χ4n) is 2.49. The summed E-state index contributed by atoms with van der Waals surface area (Å²) in [5.41, 5.74) is 2.59. The minimum Gasteiger partial charge on any atom is -0.389 e. The highest BCUT2D eigenvalue weighted by Gasteiger charge is 2.19. The summed E-state index contributed by atoms with van der Waals surface area (Å²) in [6.45, 7) is 7.25. The second kappa shape index (κ2) is 6.89. The van der Waals surface area contributed by atoms with Gasteiger partial charge in [0.05, 0.1) is 12.7 Å². The second-order valence-corrected chi connectivity index (χ2v) is 5.23. The SMILES string of the molecule is COC[C@H](O)CN1CCN(c2ccc(C)cc2)CC1. The molecule has 4 nitrogen and oxygen atoms in total. The fraction of sp³-hybridized carbons (Fsp3) is 0.600. The summed E-state index contributed by atoms with van der Waals surface area (Å²) in [5.74, 6) is 0. The lowest BCUT2D eigenvalue weighted by atomic mass is 10.2. The first kappa shape index (κ1) is 14.3. The number of β-amino-alcohol motifs (C(OH)–C–C–N with tert-alkyl or cyclic N) is 1. The van der Waals surface area contributed by atoms with Crippen LogP contribution in [0.15, 0.2) is 24.3 Å². The lowest BCUT2D eigenvalue weighted by molar-refractivity contribution is 0.0365. The predicted molar refractivity (Wildman–Crippen MR) is 77.7 cm³/mol. The van der Waals surface area contributed by atoms with Gasteiger partial charge in [0, 0.05) is 45.5 Å². The van der Waals surface area contributed by atoms with E-state index in [0.717, 1.165) is 26.2 Å². The van der Waals surface area contributed by atoms with Gasteiger partial charge in [0.25, 0.3) is 0 Å². The van der Waals surface area contributed by atoms with E-state index in [1.54, 1.807) is 7.11 Å².